The van der Waals surface area contributed by atoms with E-state index in [1.807, 2.05) is 0 Å². The lowest BCUT2D eigenvalue weighted by Gasteiger charge is -2.18. The minimum atomic E-state index is 1.16. The van der Waals surface area contributed by atoms with Gasteiger partial charge in [0.15, 0.2) is 0 Å². The van der Waals surface area contributed by atoms with Crippen LogP contribution in [0.2, 0.25) is 0 Å². The second kappa shape index (κ2) is 10.4. The van der Waals surface area contributed by atoms with Gasteiger partial charge in [0.05, 0.1) is 11.0 Å². The molecule has 1 nitrogen and oxygen atoms in total. The predicted molar refractivity (Wildman–Crippen MR) is 192 cm³/mol. The van der Waals surface area contributed by atoms with Gasteiger partial charge in [0.1, 0.15) is 0 Å². The second-order valence-corrected chi connectivity index (χ2v) is 11.7. The first-order valence-electron chi connectivity index (χ1n) is 15.5. The molecule has 0 aliphatic carbocycles. The van der Waals surface area contributed by atoms with Gasteiger partial charge in [-0.2, -0.15) is 0 Å². The van der Waals surface area contributed by atoms with Gasteiger partial charge in [-0.3, -0.25) is 0 Å². The highest BCUT2D eigenvalue weighted by atomic mass is 15.0. The molecule has 0 amide bonds. The van der Waals surface area contributed by atoms with Gasteiger partial charge in [-0.05, 0) is 85.3 Å². The monoisotopic (exact) mass is 571 g/mol. The van der Waals surface area contributed by atoms with E-state index in [9.17, 15) is 0 Å². The number of rotatable bonds is 4. The number of benzene rings is 8. The number of hydrogen-bond donors (Lipinski definition) is 0. The Morgan fingerprint density at radius 3 is 1.29 bits per heavy atom. The van der Waals surface area contributed by atoms with Crippen LogP contribution in [0.15, 0.2) is 176 Å². The van der Waals surface area contributed by atoms with Gasteiger partial charge in [0.2, 0.25) is 0 Å². The van der Waals surface area contributed by atoms with Crippen molar-refractivity contribution in [2.45, 2.75) is 0 Å². The first-order chi connectivity index (χ1) is 22.3. The fraction of sp³-hybridized carbons (Fsp3) is 0. The molecule has 45 heavy (non-hydrogen) atoms. The smallest absolute Gasteiger partial charge is 0.0541 e. The second-order valence-electron chi connectivity index (χ2n) is 11.7. The molecule has 0 atom stereocenters. The maximum atomic E-state index is 2.41. The molecule has 0 aliphatic heterocycles. The lowest BCUT2D eigenvalue weighted by Crippen LogP contribution is -1.94. The zero-order valence-electron chi connectivity index (χ0n) is 24.7. The van der Waals surface area contributed by atoms with Crippen molar-refractivity contribution in [1.29, 1.82) is 0 Å². The van der Waals surface area contributed by atoms with Gasteiger partial charge in [-0.15, -0.1) is 0 Å². The Bertz CT molecular complexity index is 2450. The van der Waals surface area contributed by atoms with E-state index < -0.39 is 0 Å². The summed E-state index contributed by atoms with van der Waals surface area (Å²) < 4.78 is 2.40. The van der Waals surface area contributed by atoms with E-state index in [4.69, 9.17) is 0 Å². The Morgan fingerprint density at radius 2 is 0.689 bits per heavy atom. The van der Waals surface area contributed by atoms with Crippen molar-refractivity contribution in [2.24, 2.45) is 0 Å². The van der Waals surface area contributed by atoms with E-state index in [0.717, 1.165) is 5.69 Å². The molecule has 0 saturated heterocycles. The molecule has 1 heterocycles. The molecular weight excluding hydrogens is 542 g/mol. The van der Waals surface area contributed by atoms with Crippen LogP contribution < -0.4 is 0 Å². The van der Waals surface area contributed by atoms with Crippen molar-refractivity contribution in [3.05, 3.63) is 176 Å². The minimum absolute atomic E-state index is 1.16. The van der Waals surface area contributed by atoms with Crippen molar-refractivity contribution in [2.75, 3.05) is 0 Å². The molecule has 9 rings (SSSR count). The van der Waals surface area contributed by atoms with E-state index in [1.165, 1.54) is 76.7 Å². The molecule has 0 fully saturated rings. The van der Waals surface area contributed by atoms with Crippen molar-refractivity contribution in [3.63, 3.8) is 0 Å². The summed E-state index contributed by atoms with van der Waals surface area (Å²) in [5.41, 5.74) is 11.1. The first-order valence-corrected chi connectivity index (χ1v) is 15.5. The van der Waals surface area contributed by atoms with Crippen molar-refractivity contribution < 1.29 is 0 Å². The topological polar surface area (TPSA) is 4.93 Å². The Hall–Kier alpha value is -5.92. The molecule has 0 unspecified atom stereocenters. The van der Waals surface area contributed by atoms with Crippen LogP contribution in [-0.4, -0.2) is 4.57 Å². The molecule has 0 N–H and O–H groups in total. The number of aromatic nitrogens is 1. The van der Waals surface area contributed by atoms with Crippen LogP contribution in [0, 0.1) is 0 Å². The molecule has 0 radical (unpaired) electrons. The van der Waals surface area contributed by atoms with E-state index >= 15 is 0 Å². The van der Waals surface area contributed by atoms with Crippen molar-refractivity contribution in [3.8, 4) is 39.1 Å². The van der Waals surface area contributed by atoms with E-state index in [1.54, 1.807) is 0 Å². The highest BCUT2D eigenvalue weighted by molar-refractivity contribution is 6.22. The lowest BCUT2D eigenvalue weighted by atomic mass is 9.86. The summed E-state index contributed by atoms with van der Waals surface area (Å²) in [5.74, 6) is 0. The minimum Gasteiger partial charge on any atom is -0.309 e. The van der Waals surface area contributed by atoms with Crippen molar-refractivity contribution >= 4 is 43.4 Å². The van der Waals surface area contributed by atoms with Gasteiger partial charge >= 0.3 is 0 Å². The molecule has 8 aromatic carbocycles. The first kappa shape index (κ1) is 25.6. The quantitative estimate of drug-likeness (QED) is 0.185. The van der Waals surface area contributed by atoms with Gasteiger partial charge in [0.25, 0.3) is 0 Å². The summed E-state index contributed by atoms with van der Waals surface area (Å²) >= 11 is 0. The number of para-hydroxylation sites is 1. The summed E-state index contributed by atoms with van der Waals surface area (Å²) in [6, 6.07) is 63.9. The Balaban J connectivity index is 1.29. The fourth-order valence-corrected chi connectivity index (χ4v) is 7.20. The van der Waals surface area contributed by atoms with Crippen LogP contribution in [0.1, 0.15) is 0 Å². The SMILES string of the molecule is c1ccc(-c2ccc(-n3c4ccccc4c4cc(-c5c6ccccc6c(-c6ccccc6)c6ccccc56)ccc43)cc2)cc1. The zero-order valence-corrected chi connectivity index (χ0v) is 24.7. The summed E-state index contributed by atoms with van der Waals surface area (Å²) in [6.07, 6.45) is 0. The highest BCUT2D eigenvalue weighted by Gasteiger charge is 2.18. The molecule has 210 valence electrons. The molecule has 1 aromatic heterocycles. The molecule has 0 saturated carbocycles. The normalized spacial score (nSPS) is 11.6. The number of hydrogen-bond acceptors (Lipinski definition) is 0. The Labute approximate surface area is 262 Å². The van der Waals surface area contributed by atoms with Crippen LogP contribution in [0.3, 0.4) is 0 Å². The fourth-order valence-electron chi connectivity index (χ4n) is 7.20. The number of nitrogens with zero attached hydrogens (tertiary/aromatic N) is 1. The van der Waals surface area contributed by atoms with Gasteiger partial charge in [-0.1, -0.05) is 146 Å². The van der Waals surface area contributed by atoms with Crippen LogP contribution in [-0.2, 0) is 0 Å². The third kappa shape index (κ3) is 4.09. The summed E-state index contributed by atoms with van der Waals surface area (Å²) in [5, 5.41) is 7.62. The average Bonchev–Trinajstić information content (AvgIpc) is 3.45. The van der Waals surface area contributed by atoms with Crippen LogP contribution in [0.4, 0.5) is 0 Å². The molecule has 1 heteroatoms. The van der Waals surface area contributed by atoms with Gasteiger partial charge in [-0.25, -0.2) is 0 Å². The Morgan fingerprint density at radius 1 is 0.267 bits per heavy atom. The molecule has 9 aromatic rings. The molecular formula is C44H29N. The third-order valence-corrected chi connectivity index (χ3v) is 9.19. The van der Waals surface area contributed by atoms with E-state index in [2.05, 4.69) is 180 Å². The third-order valence-electron chi connectivity index (χ3n) is 9.19. The van der Waals surface area contributed by atoms with E-state index in [0.29, 0.717) is 0 Å². The van der Waals surface area contributed by atoms with Gasteiger partial charge < -0.3 is 4.57 Å². The van der Waals surface area contributed by atoms with Gasteiger partial charge in [0, 0.05) is 16.5 Å². The summed E-state index contributed by atoms with van der Waals surface area (Å²) in [4.78, 5) is 0. The maximum absolute atomic E-state index is 2.41. The zero-order chi connectivity index (χ0) is 29.7. The average molecular weight is 572 g/mol. The number of fused-ring (bicyclic) bond motifs is 5. The van der Waals surface area contributed by atoms with Crippen LogP contribution in [0.5, 0.6) is 0 Å². The summed E-state index contributed by atoms with van der Waals surface area (Å²) in [7, 11) is 0. The van der Waals surface area contributed by atoms with Crippen molar-refractivity contribution in [1.82, 2.24) is 4.57 Å². The van der Waals surface area contributed by atoms with E-state index in [-0.39, 0.29) is 0 Å². The largest absolute Gasteiger partial charge is 0.309 e. The van der Waals surface area contributed by atoms with Crippen LogP contribution >= 0.6 is 0 Å². The molecule has 0 aliphatic rings. The molecule has 0 bridgehead atoms. The maximum Gasteiger partial charge on any atom is 0.0541 e. The molecule has 0 spiro atoms. The standard InChI is InChI=1S/C44H29N/c1-3-13-30(14-4-1)31-23-26-34(27-24-31)45-41-22-12-11-17-35(41)40-29-33(25-28-42(40)45)44-38-20-9-7-18-36(38)43(32-15-5-2-6-16-32)37-19-8-10-21-39(37)44/h1-29H. The Kier molecular flexibility index (Phi) is 5.89. The predicted octanol–water partition coefficient (Wildman–Crippen LogP) is 12.1. The van der Waals surface area contributed by atoms with Crippen LogP contribution in [0.25, 0.3) is 82.4 Å². The lowest BCUT2D eigenvalue weighted by molar-refractivity contribution is 1.18. The summed E-state index contributed by atoms with van der Waals surface area (Å²) in [6.45, 7) is 0. The highest BCUT2D eigenvalue weighted by Crippen LogP contribution is 2.45.